The van der Waals surface area contributed by atoms with E-state index < -0.39 is 12.0 Å². The summed E-state index contributed by atoms with van der Waals surface area (Å²) in [5.41, 5.74) is 0.897. The largest absolute Gasteiger partial charge is 0.480 e. The number of nitrogens with zero attached hydrogens (tertiary/aromatic N) is 2. The molecule has 1 fully saturated rings. The van der Waals surface area contributed by atoms with Gasteiger partial charge in [-0.25, -0.2) is 4.79 Å². The van der Waals surface area contributed by atoms with Gasteiger partial charge in [0.2, 0.25) is 11.8 Å². The monoisotopic (exact) mass is 277 g/mol. The van der Waals surface area contributed by atoms with E-state index in [1.807, 2.05) is 6.07 Å². The Balaban J connectivity index is 1.98. The van der Waals surface area contributed by atoms with Gasteiger partial charge in [-0.15, -0.1) is 0 Å². The lowest BCUT2D eigenvalue weighted by Gasteiger charge is -2.32. The lowest BCUT2D eigenvalue weighted by atomic mass is 10.1. The Bertz CT molecular complexity index is 518. The number of carbonyl (C=O) groups excluding carboxylic acids is 2. The number of aromatic nitrogens is 1. The summed E-state index contributed by atoms with van der Waals surface area (Å²) in [6, 6.07) is 2.63. The Kier molecular flexibility index (Phi) is 4.29. The molecule has 0 saturated carbocycles. The molecule has 1 aliphatic rings. The quantitative estimate of drug-likeness (QED) is 0.767. The average Bonchev–Trinajstić information content (AvgIpc) is 2.45. The number of aliphatic carboxylic acids is 1. The number of carbonyl (C=O) groups is 3. The highest BCUT2D eigenvalue weighted by Gasteiger charge is 2.34. The molecule has 0 aromatic carbocycles. The van der Waals surface area contributed by atoms with Gasteiger partial charge in [0.1, 0.15) is 12.6 Å². The highest BCUT2D eigenvalue weighted by Crippen LogP contribution is 2.09. The number of hydrogen-bond acceptors (Lipinski definition) is 4. The van der Waals surface area contributed by atoms with E-state index in [0.29, 0.717) is 6.42 Å². The van der Waals surface area contributed by atoms with Crippen molar-refractivity contribution in [1.82, 2.24) is 15.2 Å². The number of hydrogen-bond donors (Lipinski definition) is 2. The molecule has 1 saturated heterocycles. The first-order valence-corrected chi connectivity index (χ1v) is 6.26. The van der Waals surface area contributed by atoms with Crippen molar-refractivity contribution >= 4 is 17.8 Å². The highest BCUT2D eigenvalue weighted by molar-refractivity contribution is 5.91. The number of aryl methyl sites for hydroxylation is 1. The molecular weight excluding hydrogens is 262 g/mol. The van der Waals surface area contributed by atoms with Crippen molar-refractivity contribution < 1.29 is 19.5 Å². The first-order chi connectivity index (χ1) is 9.58. The third-order valence-corrected chi connectivity index (χ3v) is 3.14. The molecule has 1 aromatic rings. The van der Waals surface area contributed by atoms with E-state index in [1.165, 1.54) is 0 Å². The second-order valence-corrected chi connectivity index (χ2v) is 4.54. The molecule has 1 atom stereocenters. The summed E-state index contributed by atoms with van der Waals surface area (Å²) in [4.78, 5) is 39.6. The number of carboxylic acid groups (broad SMARTS) is 1. The maximum Gasteiger partial charge on any atom is 0.328 e. The molecule has 0 radical (unpaired) electrons. The van der Waals surface area contributed by atoms with Gasteiger partial charge >= 0.3 is 5.97 Å². The average molecular weight is 277 g/mol. The SMILES string of the molecule is O=C1CN(C(=O)CCc2cccnc2)C(C(=O)O)CN1. The standard InChI is InChI=1S/C13H15N3O4/c17-11-8-16(10(7-15-11)13(19)20)12(18)4-3-9-2-1-5-14-6-9/h1-2,5-6,10H,3-4,7-8H2,(H,15,17)(H,19,20). The lowest BCUT2D eigenvalue weighted by molar-refractivity contribution is -0.154. The minimum atomic E-state index is -1.11. The highest BCUT2D eigenvalue weighted by atomic mass is 16.4. The molecule has 106 valence electrons. The normalized spacial score (nSPS) is 18.5. The topological polar surface area (TPSA) is 99.6 Å². The number of piperazine rings is 1. The van der Waals surface area contributed by atoms with Gasteiger partial charge in [0, 0.05) is 25.4 Å². The summed E-state index contributed by atoms with van der Waals surface area (Å²) in [6.07, 6.45) is 3.92. The Labute approximate surface area is 115 Å². The van der Waals surface area contributed by atoms with E-state index in [2.05, 4.69) is 10.3 Å². The summed E-state index contributed by atoms with van der Waals surface area (Å²) in [5.74, 6) is -1.78. The second kappa shape index (κ2) is 6.14. The van der Waals surface area contributed by atoms with Crippen LogP contribution in [0.3, 0.4) is 0 Å². The molecule has 2 N–H and O–H groups in total. The molecule has 1 aromatic heterocycles. The van der Waals surface area contributed by atoms with E-state index in [-0.39, 0.29) is 31.3 Å². The molecule has 1 unspecified atom stereocenters. The lowest BCUT2D eigenvalue weighted by Crippen LogP contribution is -2.59. The zero-order valence-corrected chi connectivity index (χ0v) is 10.8. The van der Waals surface area contributed by atoms with Crippen molar-refractivity contribution in [2.24, 2.45) is 0 Å². The van der Waals surface area contributed by atoms with Crippen molar-refractivity contribution in [2.45, 2.75) is 18.9 Å². The van der Waals surface area contributed by atoms with E-state index in [0.717, 1.165) is 10.5 Å². The van der Waals surface area contributed by atoms with Crippen LogP contribution in [0.25, 0.3) is 0 Å². The van der Waals surface area contributed by atoms with Gasteiger partial charge in [-0.2, -0.15) is 0 Å². The minimum Gasteiger partial charge on any atom is -0.480 e. The van der Waals surface area contributed by atoms with Crippen LogP contribution >= 0.6 is 0 Å². The fourth-order valence-electron chi connectivity index (χ4n) is 2.07. The van der Waals surface area contributed by atoms with Gasteiger partial charge in [-0.3, -0.25) is 14.6 Å². The van der Waals surface area contributed by atoms with Crippen LogP contribution in [0.15, 0.2) is 24.5 Å². The predicted molar refractivity (Wildman–Crippen MR) is 68.7 cm³/mol. The maximum atomic E-state index is 12.1. The summed E-state index contributed by atoms with van der Waals surface area (Å²) >= 11 is 0. The summed E-state index contributed by atoms with van der Waals surface area (Å²) < 4.78 is 0. The first-order valence-electron chi connectivity index (χ1n) is 6.26. The van der Waals surface area contributed by atoms with Crippen LogP contribution in [-0.4, -0.2) is 51.9 Å². The van der Waals surface area contributed by atoms with Crippen LogP contribution in [0.5, 0.6) is 0 Å². The third kappa shape index (κ3) is 3.31. The zero-order chi connectivity index (χ0) is 14.5. The molecule has 7 heteroatoms. The fraction of sp³-hybridized carbons (Fsp3) is 0.385. The smallest absolute Gasteiger partial charge is 0.328 e. The Morgan fingerprint density at radius 3 is 2.95 bits per heavy atom. The van der Waals surface area contributed by atoms with E-state index in [1.54, 1.807) is 18.5 Å². The summed E-state index contributed by atoms with van der Waals surface area (Å²) in [6.45, 7) is -0.254. The molecular formula is C13H15N3O4. The Hall–Kier alpha value is -2.44. The Morgan fingerprint density at radius 2 is 2.30 bits per heavy atom. The van der Waals surface area contributed by atoms with Gasteiger partial charge in [-0.05, 0) is 18.1 Å². The molecule has 0 bridgehead atoms. The van der Waals surface area contributed by atoms with Crippen LogP contribution < -0.4 is 5.32 Å². The fourth-order valence-corrected chi connectivity index (χ4v) is 2.07. The number of pyridine rings is 1. The van der Waals surface area contributed by atoms with Gasteiger partial charge in [0.15, 0.2) is 0 Å². The summed E-state index contributed by atoms with van der Waals surface area (Å²) in [5, 5.41) is 11.5. The first kappa shape index (κ1) is 14.0. The molecule has 20 heavy (non-hydrogen) atoms. The number of rotatable bonds is 4. The summed E-state index contributed by atoms with van der Waals surface area (Å²) in [7, 11) is 0. The maximum absolute atomic E-state index is 12.1. The van der Waals surface area contributed by atoms with Gasteiger partial charge in [0.25, 0.3) is 0 Å². The van der Waals surface area contributed by atoms with E-state index in [9.17, 15) is 14.4 Å². The number of amides is 2. The van der Waals surface area contributed by atoms with Gasteiger partial charge < -0.3 is 15.3 Å². The van der Waals surface area contributed by atoms with Gasteiger partial charge in [0.05, 0.1) is 0 Å². The van der Waals surface area contributed by atoms with Crippen LogP contribution in [0, 0.1) is 0 Å². The van der Waals surface area contributed by atoms with Crippen molar-refractivity contribution in [3.8, 4) is 0 Å². The molecule has 0 spiro atoms. The van der Waals surface area contributed by atoms with Gasteiger partial charge in [-0.1, -0.05) is 6.07 Å². The van der Waals surface area contributed by atoms with Crippen LogP contribution in [0.2, 0.25) is 0 Å². The molecule has 0 aliphatic carbocycles. The second-order valence-electron chi connectivity index (χ2n) is 4.54. The molecule has 7 nitrogen and oxygen atoms in total. The van der Waals surface area contributed by atoms with E-state index in [4.69, 9.17) is 5.11 Å². The number of carboxylic acids is 1. The van der Waals surface area contributed by atoms with Crippen molar-refractivity contribution in [1.29, 1.82) is 0 Å². The van der Waals surface area contributed by atoms with Crippen LogP contribution in [0.1, 0.15) is 12.0 Å². The predicted octanol–water partition coefficient (Wildman–Crippen LogP) is -0.574. The minimum absolute atomic E-state index is 0.0488. The van der Waals surface area contributed by atoms with Crippen molar-refractivity contribution in [3.05, 3.63) is 30.1 Å². The van der Waals surface area contributed by atoms with E-state index >= 15 is 0 Å². The third-order valence-electron chi connectivity index (χ3n) is 3.14. The molecule has 2 heterocycles. The molecule has 2 amide bonds. The number of nitrogens with one attached hydrogen (secondary N) is 1. The van der Waals surface area contributed by atoms with Crippen molar-refractivity contribution in [3.63, 3.8) is 0 Å². The van der Waals surface area contributed by atoms with Crippen LogP contribution in [-0.2, 0) is 20.8 Å². The van der Waals surface area contributed by atoms with Crippen LogP contribution in [0.4, 0.5) is 0 Å². The van der Waals surface area contributed by atoms with Crippen molar-refractivity contribution in [2.75, 3.05) is 13.1 Å². The molecule has 2 rings (SSSR count). The molecule has 1 aliphatic heterocycles. The zero-order valence-electron chi connectivity index (χ0n) is 10.8. The Morgan fingerprint density at radius 1 is 1.50 bits per heavy atom.